The number of amides is 4. The molecule has 0 fully saturated rings. The Morgan fingerprint density at radius 3 is 2.29 bits per heavy atom. The van der Waals surface area contributed by atoms with Crippen LogP contribution >= 0.6 is 11.3 Å². The zero-order valence-electron chi connectivity index (χ0n) is 18.2. The van der Waals surface area contributed by atoms with Gasteiger partial charge in [0, 0.05) is 17.5 Å². The van der Waals surface area contributed by atoms with Crippen molar-refractivity contribution in [3.05, 3.63) is 76.2 Å². The van der Waals surface area contributed by atoms with Gasteiger partial charge in [-0.1, -0.05) is 18.2 Å². The van der Waals surface area contributed by atoms with Gasteiger partial charge >= 0.3 is 6.03 Å². The number of carbonyl (C=O) groups excluding carboxylic acids is 3. The molecule has 4 amide bonds. The predicted molar refractivity (Wildman–Crippen MR) is 130 cm³/mol. The number of aryl methyl sites for hydroxylation is 1. The summed E-state index contributed by atoms with van der Waals surface area (Å²) >= 11 is 1.29. The van der Waals surface area contributed by atoms with Gasteiger partial charge in [-0.05, 0) is 61.2 Å². The summed E-state index contributed by atoms with van der Waals surface area (Å²) < 4.78 is 27.0. The number of carbonyl (C=O) groups is 3. The molecule has 9 nitrogen and oxygen atoms in total. The van der Waals surface area contributed by atoms with Crippen LogP contribution in [0.4, 0.5) is 15.5 Å². The average molecular weight is 499 g/mol. The first kappa shape index (κ1) is 23.5. The number of nitrogens with two attached hydrogens (primary N) is 1. The molecule has 34 heavy (non-hydrogen) atoms. The van der Waals surface area contributed by atoms with Crippen LogP contribution in [0.1, 0.15) is 37.6 Å². The molecule has 1 aliphatic carbocycles. The maximum Gasteiger partial charge on any atom is 0.319 e. The lowest BCUT2D eigenvalue weighted by atomic mass is 10.1. The Kier molecular flexibility index (Phi) is 6.40. The van der Waals surface area contributed by atoms with Crippen molar-refractivity contribution in [1.29, 1.82) is 0 Å². The molecular weight excluding hydrogens is 476 g/mol. The molecule has 0 spiro atoms. The van der Waals surface area contributed by atoms with Gasteiger partial charge in [0.1, 0.15) is 5.00 Å². The largest absolute Gasteiger partial charge is 0.351 e. The summed E-state index contributed by atoms with van der Waals surface area (Å²) in [4.78, 5) is 37.6. The number of fused-ring (bicyclic) bond motifs is 1. The Balaban J connectivity index is 1.55. The van der Waals surface area contributed by atoms with E-state index in [-0.39, 0.29) is 16.0 Å². The van der Waals surface area contributed by atoms with Crippen LogP contribution in [-0.4, -0.2) is 33.3 Å². The number of rotatable bonds is 6. The minimum atomic E-state index is -3.81. The second kappa shape index (κ2) is 9.27. The van der Waals surface area contributed by atoms with E-state index >= 15 is 0 Å². The maximum absolute atomic E-state index is 12.9. The maximum atomic E-state index is 12.9. The van der Waals surface area contributed by atoms with Crippen LogP contribution in [0.2, 0.25) is 0 Å². The number of nitrogens with one attached hydrogen (secondary N) is 2. The monoisotopic (exact) mass is 498 g/mol. The van der Waals surface area contributed by atoms with E-state index in [1.54, 1.807) is 30.3 Å². The Labute approximate surface area is 200 Å². The Morgan fingerprint density at radius 2 is 1.65 bits per heavy atom. The number of benzene rings is 2. The number of thiophene rings is 1. The third-order valence-electron chi connectivity index (χ3n) is 5.51. The van der Waals surface area contributed by atoms with Crippen molar-refractivity contribution in [2.75, 3.05) is 16.7 Å². The molecule has 11 heteroatoms. The van der Waals surface area contributed by atoms with Crippen molar-refractivity contribution in [3.8, 4) is 0 Å². The topological polar surface area (TPSA) is 139 Å². The van der Waals surface area contributed by atoms with Crippen molar-refractivity contribution in [1.82, 2.24) is 5.32 Å². The van der Waals surface area contributed by atoms with E-state index < -0.39 is 27.9 Å². The first-order valence-electron chi connectivity index (χ1n) is 10.4. The Morgan fingerprint density at radius 1 is 0.971 bits per heavy atom. The van der Waals surface area contributed by atoms with Gasteiger partial charge in [-0.15, -0.1) is 11.3 Å². The quantitative estimate of drug-likeness (QED) is 0.479. The van der Waals surface area contributed by atoms with Crippen molar-refractivity contribution in [3.63, 3.8) is 0 Å². The zero-order valence-corrected chi connectivity index (χ0v) is 19.8. The lowest BCUT2D eigenvalue weighted by Gasteiger charge is -2.19. The van der Waals surface area contributed by atoms with Crippen LogP contribution in [0.25, 0.3) is 0 Å². The fourth-order valence-corrected chi connectivity index (χ4v) is 6.27. The van der Waals surface area contributed by atoms with Crippen molar-refractivity contribution < 1.29 is 22.8 Å². The molecule has 0 aliphatic heterocycles. The number of para-hydroxylation sites is 1. The summed E-state index contributed by atoms with van der Waals surface area (Å²) in [6.45, 7) is 0. The highest BCUT2D eigenvalue weighted by atomic mass is 32.2. The van der Waals surface area contributed by atoms with Gasteiger partial charge in [0.15, 0.2) is 0 Å². The molecule has 0 unspecified atom stereocenters. The molecule has 1 heterocycles. The highest BCUT2D eigenvalue weighted by Crippen LogP contribution is 2.39. The fraction of sp³-hybridized carbons (Fsp3) is 0.174. The summed E-state index contributed by atoms with van der Waals surface area (Å²) in [6.07, 6.45) is 2.35. The van der Waals surface area contributed by atoms with Crippen LogP contribution in [0.15, 0.2) is 59.5 Å². The number of anilines is 2. The molecule has 0 atom stereocenters. The van der Waals surface area contributed by atoms with E-state index in [0.717, 1.165) is 23.3 Å². The average Bonchev–Trinajstić information content (AvgIpc) is 3.39. The minimum Gasteiger partial charge on any atom is -0.351 e. The van der Waals surface area contributed by atoms with Crippen LogP contribution in [0, 0.1) is 0 Å². The molecule has 0 radical (unpaired) electrons. The normalized spacial score (nSPS) is 12.6. The summed E-state index contributed by atoms with van der Waals surface area (Å²) in [5.74, 6) is -1.17. The molecule has 3 aromatic rings. The van der Waals surface area contributed by atoms with E-state index in [0.29, 0.717) is 17.1 Å². The third kappa shape index (κ3) is 4.52. The summed E-state index contributed by atoms with van der Waals surface area (Å²) in [5, 5.41) is 5.11. The van der Waals surface area contributed by atoms with Crippen LogP contribution in [0.5, 0.6) is 0 Å². The van der Waals surface area contributed by atoms with Gasteiger partial charge in [0.2, 0.25) is 0 Å². The SMILES string of the molecule is CN(c1ccccc1)S(=O)(=O)c1ccc(C(=O)Nc2sc3c(c2C(=O)NC(N)=O)CCC3)cc1. The van der Waals surface area contributed by atoms with Crippen molar-refractivity contribution in [2.24, 2.45) is 5.73 Å². The first-order valence-corrected chi connectivity index (χ1v) is 12.6. The van der Waals surface area contributed by atoms with Gasteiger partial charge < -0.3 is 11.1 Å². The molecule has 1 aromatic heterocycles. The number of urea groups is 1. The molecule has 4 rings (SSSR count). The summed E-state index contributed by atoms with van der Waals surface area (Å²) in [6, 6.07) is 13.2. The second-order valence-electron chi connectivity index (χ2n) is 7.67. The fourth-order valence-electron chi connectivity index (χ4n) is 3.80. The van der Waals surface area contributed by atoms with E-state index in [2.05, 4.69) is 10.6 Å². The first-order chi connectivity index (χ1) is 16.2. The van der Waals surface area contributed by atoms with Gasteiger partial charge in [-0.2, -0.15) is 0 Å². The van der Waals surface area contributed by atoms with Gasteiger partial charge in [-0.3, -0.25) is 19.2 Å². The molecular formula is C23H22N4O5S2. The lowest BCUT2D eigenvalue weighted by molar-refractivity contribution is 0.0966. The molecule has 2 aromatic carbocycles. The highest BCUT2D eigenvalue weighted by molar-refractivity contribution is 7.92. The lowest BCUT2D eigenvalue weighted by Crippen LogP contribution is -2.35. The standard InChI is InChI=1S/C23H22N4O5S2/c1-27(15-6-3-2-4-7-15)34(31,32)16-12-10-14(11-13-16)20(28)25-22-19(21(29)26-23(24)30)17-8-5-9-18(17)33-22/h2-4,6-7,10-13H,5,8-9H2,1H3,(H,25,28)(H3,24,26,29,30). The predicted octanol–water partition coefficient (Wildman–Crippen LogP) is 3.12. The van der Waals surface area contributed by atoms with Gasteiger partial charge in [0.25, 0.3) is 21.8 Å². The van der Waals surface area contributed by atoms with Crippen LogP contribution in [-0.2, 0) is 22.9 Å². The van der Waals surface area contributed by atoms with Crippen molar-refractivity contribution >= 4 is 49.9 Å². The zero-order chi connectivity index (χ0) is 24.5. The summed E-state index contributed by atoms with van der Waals surface area (Å²) in [5.41, 5.74) is 6.87. The number of primary amides is 1. The third-order valence-corrected chi connectivity index (χ3v) is 8.51. The molecule has 0 saturated heterocycles. The number of nitrogens with zero attached hydrogens (tertiary/aromatic N) is 1. The van der Waals surface area contributed by atoms with Crippen molar-refractivity contribution in [2.45, 2.75) is 24.2 Å². The van der Waals surface area contributed by atoms with Gasteiger partial charge in [-0.25, -0.2) is 13.2 Å². The van der Waals surface area contributed by atoms with Crippen LogP contribution < -0.4 is 20.7 Å². The van der Waals surface area contributed by atoms with Gasteiger partial charge in [0.05, 0.1) is 16.1 Å². The van der Waals surface area contributed by atoms with E-state index in [4.69, 9.17) is 5.73 Å². The van der Waals surface area contributed by atoms with Crippen LogP contribution in [0.3, 0.4) is 0 Å². The molecule has 4 N–H and O–H groups in total. The minimum absolute atomic E-state index is 0.0343. The smallest absolute Gasteiger partial charge is 0.319 e. The summed E-state index contributed by atoms with van der Waals surface area (Å²) in [7, 11) is -2.36. The molecule has 0 bridgehead atoms. The number of hydrogen-bond donors (Lipinski definition) is 3. The number of sulfonamides is 1. The number of hydrogen-bond acceptors (Lipinski definition) is 6. The van der Waals surface area contributed by atoms with E-state index in [1.165, 1.54) is 47.0 Å². The molecule has 1 aliphatic rings. The van der Waals surface area contributed by atoms with E-state index in [9.17, 15) is 22.8 Å². The second-order valence-corrected chi connectivity index (χ2v) is 10.7. The molecule has 176 valence electrons. The number of imide groups is 1. The van der Waals surface area contributed by atoms with E-state index in [1.807, 2.05) is 0 Å². The Hall–Kier alpha value is -3.70. The molecule has 0 saturated carbocycles. The highest BCUT2D eigenvalue weighted by Gasteiger charge is 2.28. The Bertz CT molecular complexity index is 1370.